The van der Waals surface area contributed by atoms with Gasteiger partial charge in [-0.05, 0) is 36.8 Å². The second-order valence-corrected chi connectivity index (χ2v) is 5.42. The van der Waals surface area contributed by atoms with Gasteiger partial charge in [0.2, 0.25) is 0 Å². The van der Waals surface area contributed by atoms with E-state index in [1.165, 1.54) is 18.2 Å². The number of halogens is 5. The van der Waals surface area contributed by atoms with Crippen molar-refractivity contribution in [3.05, 3.63) is 63.6 Å². The van der Waals surface area contributed by atoms with E-state index < -0.39 is 17.8 Å². The molecule has 112 valence electrons. The minimum Gasteiger partial charge on any atom is -0.377 e. The second-order valence-electron chi connectivity index (χ2n) is 4.58. The van der Waals surface area contributed by atoms with E-state index in [0.717, 1.165) is 6.07 Å². The lowest BCUT2D eigenvalue weighted by Gasteiger charge is -2.21. The smallest absolute Gasteiger partial charge is 0.377 e. The molecule has 0 aliphatic carbocycles. The highest BCUT2D eigenvalue weighted by molar-refractivity contribution is 6.36. The quantitative estimate of drug-likeness (QED) is 0.706. The monoisotopic (exact) mass is 333 g/mol. The molecule has 0 radical (unpaired) electrons. The highest BCUT2D eigenvalue weighted by atomic mass is 35.5. The number of alkyl halides is 3. The Kier molecular flexibility index (Phi) is 4.69. The minimum atomic E-state index is -4.39. The molecular weight excluding hydrogens is 322 g/mol. The average Bonchev–Trinajstić information content (AvgIpc) is 2.41. The van der Waals surface area contributed by atoms with Crippen LogP contribution in [0.2, 0.25) is 10.0 Å². The van der Waals surface area contributed by atoms with E-state index in [0.29, 0.717) is 15.7 Å². The van der Waals surface area contributed by atoms with Crippen molar-refractivity contribution in [3.8, 4) is 0 Å². The second kappa shape index (κ2) is 6.16. The van der Waals surface area contributed by atoms with Crippen LogP contribution in [0.5, 0.6) is 0 Å². The molecule has 0 heterocycles. The highest BCUT2D eigenvalue weighted by Crippen LogP contribution is 2.36. The van der Waals surface area contributed by atoms with Gasteiger partial charge in [0.25, 0.3) is 0 Å². The van der Waals surface area contributed by atoms with E-state index in [4.69, 9.17) is 23.2 Å². The van der Waals surface area contributed by atoms with Gasteiger partial charge in [-0.15, -0.1) is 0 Å². The summed E-state index contributed by atoms with van der Waals surface area (Å²) in [5.74, 6) is 0. The summed E-state index contributed by atoms with van der Waals surface area (Å²) in [6.07, 6.45) is -4.39. The Labute approximate surface area is 130 Å². The third-order valence-electron chi connectivity index (χ3n) is 3.04. The zero-order chi connectivity index (χ0) is 15.6. The van der Waals surface area contributed by atoms with Crippen LogP contribution in [-0.4, -0.2) is 0 Å². The molecule has 1 nitrogen and oxygen atoms in total. The molecule has 0 fully saturated rings. The van der Waals surface area contributed by atoms with Gasteiger partial charge in [0, 0.05) is 11.1 Å². The first kappa shape index (κ1) is 16.0. The fourth-order valence-electron chi connectivity index (χ4n) is 2.05. The van der Waals surface area contributed by atoms with Gasteiger partial charge in [-0.25, -0.2) is 0 Å². The van der Waals surface area contributed by atoms with Crippen LogP contribution in [0.1, 0.15) is 24.1 Å². The summed E-state index contributed by atoms with van der Waals surface area (Å²) in [4.78, 5) is 0. The van der Waals surface area contributed by atoms with Gasteiger partial charge in [-0.1, -0.05) is 41.4 Å². The lowest BCUT2D eigenvalue weighted by atomic mass is 10.0. The molecule has 21 heavy (non-hydrogen) atoms. The van der Waals surface area contributed by atoms with Crippen molar-refractivity contribution < 1.29 is 13.2 Å². The molecule has 0 bridgehead atoms. The van der Waals surface area contributed by atoms with Crippen LogP contribution in [0.25, 0.3) is 0 Å². The summed E-state index contributed by atoms with van der Waals surface area (Å²) < 4.78 is 39.0. The minimum absolute atomic E-state index is 0.163. The van der Waals surface area contributed by atoms with Crippen molar-refractivity contribution in [2.75, 3.05) is 5.32 Å². The maximum Gasteiger partial charge on any atom is 0.416 e. The van der Waals surface area contributed by atoms with Crippen LogP contribution in [0.3, 0.4) is 0 Å². The van der Waals surface area contributed by atoms with Crippen LogP contribution in [-0.2, 0) is 6.18 Å². The van der Waals surface area contributed by atoms with E-state index in [9.17, 15) is 13.2 Å². The Hall–Kier alpha value is -1.39. The van der Waals surface area contributed by atoms with Crippen molar-refractivity contribution in [1.82, 2.24) is 0 Å². The first-order valence-electron chi connectivity index (χ1n) is 6.16. The van der Waals surface area contributed by atoms with Crippen LogP contribution < -0.4 is 5.32 Å². The number of hydrogen-bond donors (Lipinski definition) is 1. The Morgan fingerprint density at radius 1 is 1.05 bits per heavy atom. The maximum absolute atomic E-state index is 13.0. The van der Waals surface area contributed by atoms with Crippen molar-refractivity contribution in [2.24, 2.45) is 0 Å². The van der Waals surface area contributed by atoms with E-state index in [1.54, 1.807) is 25.1 Å². The maximum atomic E-state index is 13.0. The summed E-state index contributed by atoms with van der Waals surface area (Å²) in [6, 6.07) is 9.70. The molecule has 2 aromatic rings. The predicted molar refractivity (Wildman–Crippen MR) is 79.9 cm³/mol. The Bertz CT molecular complexity index is 641. The van der Waals surface area contributed by atoms with Gasteiger partial charge >= 0.3 is 6.18 Å². The molecule has 0 aromatic heterocycles. The zero-order valence-corrected chi connectivity index (χ0v) is 12.5. The Balaban J connectivity index is 2.31. The zero-order valence-electron chi connectivity index (χ0n) is 11.0. The average molecular weight is 334 g/mol. The van der Waals surface area contributed by atoms with E-state index in [-0.39, 0.29) is 5.56 Å². The fourth-order valence-corrected chi connectivity index (χ4v) is 2.51. The molecule has 1 atom stereocenters. The van der Waals surface area contributed by atoms with Gasteiger partial charge < -0.3 is 5.32 Å². The SMILES string of the molecule is CC(Nc1ccc(Cl)cc1Cl)c1ccccc1C(F)(F)F. The van der Waals surface area contributed by atoms with Crippen LogP contribution in [0.4, 0.5) is 18.9 Å². The predicted octanol–water partition coefficient (Wildman–Crippen LogP) is 6.19. The number of rotatable bonds is 3. The normalized spacial score (nSPS) is 13.0. The van der Waals surface area contributed by atoms with Crippen LogP contribution in [0, 0.1) is 0 Å². The lowest BCUT2D eigenvalue weighted by molar-refractivity contribution is -0.138. The highest BCUT2D eigenvalue weighted by Gasteiger charge is 2.34. The molecule has 0 spiro atoms. The van der Waals surface area contributed by atoms with Crippen molar-refractivity contribution in [1.29, 1.82) is 0 Å². The summed E-state index contributed by atoms with van der Waals surface area (Å²) in [5, 5.41) is 3.80. The topological polar surface area (TPSA) is 12.0 Å². The summed E-state index contributed by atoms with van der Waals surface area (Å²) in [5.41, 5.74) is 0.0386. The van der Waals surface area contributed by atoms with Crippen molar-refractivity contribution in [3.63, 3.8) is 0 Å². The summed E-state index contributed by atoms with van der Waals surface area (Å²) >= 11 is 11.8. The molecule has 2 aromatic carbocycles. The van der Waals surface area contributed by atoms with Gasteiger partial charge in [-0.2, -0.15) is 13.2 Å². The van der Waals surface area contributed by atoms with Crippen LogP contribution >= 0.6 is 23.2 Å². The third-order valence-corrected chi connectivity index (χ3v) is 3.58. The summed E-state index contributed by atoms with van der Waals surface area (Å²) in [6.45, 7) is 1.65. The molecular formula is C15H12Cl2F3N. The number of hydrogen-bond acceptors (Lipinski definition) is 1. The molecule has 0 saturated carbocycles. The number of nitrogens with one attached hydrogen (secondary N) is 1. The van der Waals surface area contributed by atoms with E-state index in [1.807, 2.05) is 0 Å². The van der Waals surface area contributed by atoms with Gasteiger partial charge in [0.1, 0.15) is 0 Å². The van der Waals surface area contributed by atoms with Gasteiger partial charge in [0.05, 0.1) is 16.3 Å². The van der Waals surface area contributed by atoms with Crippen LogP contribution in [0.15, 0.2) is 42.5 Å². The molecule has 0 aliphatic heterocycles. The molecule has 0 amide bonds. The molecule has 0 aliphatic rings. The standard InChI is InChI=1S/C15H12Cl2F3N/c1-9(21-14-7-6-10(16)8-13(14)17)11-4-2-3-5-12(11)15(18,19)20/h2-9,21H,1H3. The molecule has 1 unspecified atom stereocenters. The largest absolute Gasteiger partial charge is 0.416 e. The van der Waals surface area contributed by atoms with E-state index >= 15 is 0 Å². The van der Waals surface area contributed by atoms with E-state index in [2.05, 4.69) is 5.32 Å². The molecule has 6 heteroatoms. The third kappa shape index (κ3) is 3.83. The van der Waals surface area contributed by atoms with Crippen molar-refractivity contribution >= 4 is 28.9 Å². The van der Waals surface area contributed by atoms with Gasteiger partial charge in [-0.3, -0.25) is 0 Å². The Morgan fingerprint density at radius 3 is 2.33 bits per heavy atom. The first-order chi connectivity index (χ1) is 9.79. The number of anilines is 1. The molecule has 0 saturated heterocycles. The molecule has 1 N–H and O–H groups in total. The first-order valence-corrected chi connectivity index (χ1v) is 6.92. The van der Waals surface area contributed by atoms with Gasteiger partial charge in [0.15, 0.2) is 0 Å². The Morgan fingerprint density at radius 2 is 1.71 bits per heavy atom. The number of benzene rings is 2. The lowest BCUT2D eigenvalue weighted by Crippen LogP contribution is -2.15. The van der Waals surface area contributed by atoms with Crippen molar-refractivity contribution in [2.45, 2.75) is 19.1 Å². The summed E-state index contributed by atoms with van der Waals surface area (Å²) in [7, 11) is 0. The fraction of sp³-hybridized carbons (Fsp3) is 0.200. The molecule has 2 rings (SSSR count).